The fraction of sp³-hybridized carbons (Fsp3) is 0.304. The van der Waals surface area contributed by atoms with Gasteiger partial charge in [-0.2, -0.15) is 0 Å². The summed E-state index contributed by atoms with van der Waals surface area (Å²) in [5.41, 5.74) is 4.08. The van der Waals surface area contributed by atoms with E-state index >= 15 is 0 Å². The van der Waals surface area contributed by atoms with Gasteiger partial charge in [-0.1, -0.05) is 19.1 Å². The van der Waals surface area contributed by atoms with Crippen molar-refractivity contribution in [2.45, 2.75) is 32.6 Å². The summed E-state index contributed by atoms with van der Waals surface area (Å²) in [6.07, 6.45) is 4.50. The van der Waals surface area contributed by atoms with Gasteiger partial charge in [0.1, 0.15) is 10.6 Å². The zero-order chi connectivity index (χ0) is 19.1. The molecule has 3 heterocycles. The Labute approximate surface area is 167 Å². The van der Waals surface area contributed by atoms with Crippen LogP contribution in [0.5, 0.6) is 0 Å². The number of fused-ring (bicyclic) bond motifs is 2. The van der Waals surface area contributed by atoms with E-state index in [4.69, 9.17) is 9.40 Å². The van der Waals surface area contributed by atoms with Gasteiger partial charge in [-0.05, 0) is 55.5 Å². The Bertz CT molecular complexity index is 1190. The van der Waals surface area contributed by atoms with E-state index in [1.807, 2.05) is 30.3 Å². The van der Waals surface area contributed by atoms with Crippen LogP contribution >= 0.6 is 11.3 Å². The number of thiazole rings is 1. The summed E-state index contributed by atoms with van der Waals surface area (Å²) in [5.74, 6) is 0. The molecule has 0 radical (unpaired) electrons. The number of nitrogens with zero attached hydrogens (tertiary/aromatic N) is 2. The monoisotopic (exact) mass is 390 g/mol. The maximum Gasteiger partial charge on any atom is 0.346 e. The van der Waals surface area contributed by atoms with Gasteiger partial charge < -0.3 is 9.32 Å². The molecule has 5 rings (SSSR count). The quantitative estimate of drug-likeness (QED) is 0.426. The number of rotatable bonds is 3. The predicted molar refractivity (Wildman–Crippen MR) is 117 cm³/mol. The van der Waals surface area contributed by atoms with E-state index in [0.717, 1.165) is 51.4 Å². The van der Waals surface area contributed by atoms with Gasteiger partial charge in [0.25, 0.3) is 0 Å². The number of hydrogen-bond donors (Lipinski definition) is 0. The molecule has 0 amide bonds. The molecule has 0 unspecified atom stereocenters. The third kappa shape index (κ3) is 2.90. The minimum Gasteiger partial charge on any atom is -0.422 e. The van der Waals surface area contributed by atoms with Crippen molar-refractivity contribution in [2.75, 3.05) is 18.0 Å². The summed E-state index contributed by atoms with van der Waals surface area (Å²) in [5, 5.41) is 1.76. The largest absolute Gasteiger partial charge is 0.422 e. The normalized spacial score (nSPS) is 14.8. The fourth-order valence-corrected chi connectivity index (χ4v) is 5.19. The molecule has 2 aromatic carbocycles. The second-order valence-electron chi connectivity index (χ2n) is 7.31. The van der Waals surface area contributed by atoms with Crippen LogP contribution in [0.1, 0.15) is 31.7 Å². The molecule has 4 nitrogen and oxygen atoms in total. The number of anilines is 1. The lowest BCUT2D eigenvalue weighted by Gasteiger charge is -2.28. The van der Waals surface area contributed by atoms with Crippen LogP contribution in [0.4, 0.5) is 5.69 Å². The first-order valence-electron chi connectivity index (χ1n) is 9.95. The van der Waals surface area contributed by atoms with Crippen LogP contribution in [-0.4, -0.2) is 18.1 Å². The van der Waals surface area contributed by atoms with Gasteiger partial charge in [-0.15, -0.1) is 11.3 Å². The number of aromatic nitrogens is 1. The molecule has 1 saturated heterocycles. The summed E-state index contributed by atoms with van der Waals surface area (Å²) in [6, 6.07) is 14.3. The van der Waals surface area contributed by atoms with E-state index < -0.39 is 0 Å². The number of piperidine rings is 1. The van der Waals surface area contributed by atoms with Gasteiger partial charge >= 0.3 is 5.63 Å². The Morgan fingerprint density at radius 2 is 1.93 bits per heavy atom. The molecule has 28 heavy (non-hydrogen) atoms. The summed E-state index contributed by atoms with van der Waals surface area (Å²) >= 11 is 1.55. The Morgan fingerprint density at radius 1 is 1.11 bits per heavy atom. The molecule has 0 spiro atoms. The average Bonchev–Trinajstić information content (AvgIpc) is 3.16. The maximum atomic E-state index is 13.0. The first-order valence-corrected chi connectivity index (χ1v) is 10.8. The van der Waals surface area contributed by atoms with Crippen molar-refractivity contribution in [3.05, 3.63) is 58.4 Å². The van der Waals surface area contributed by atoms with Gasteiger partial charge in [0, 0.05) is 30.2 Å². The lowest BCUT2D eigenvalue weighted by molar-refractivity contribution is 0.559. The minimum absolute atomic E-state index is 0.292. The fourth-order valence-electron chi connectivity index (χ4n) is 4.17. The summed E-state index contributed by atoms with van der Waals surface area (Å²) in [7, 11) is 0. The highest BCUT2D eigenvalue weighted by atomic mass is 32.1. The highest BCUT2D eigenvalue weighted by Gasteiger charge is 2.20. The average molecular weight is 391 g/mol. The van der Waals surface area contributed by atoms with Gasteiger partial charge in [0.15, 0.2) is 0 Å². The van der Waals surface area contributed by atoms with Crippen LogP contribution in [0, 0.1) is 0 Å². The third-order valence-corrected chi connectivity index (χ3v) is 6.64. The van der Waals surface area contributed by atoms with Gasteiger partial charge in [0.2, 0.25) is 0 Å². The number of benzene rings is 2. The second-order valence-corrected chi connectivity index (χ2v) is 8.34. The number of para-hydroxylation sites is 1. The molecule has 1 aliphatic heterocycles. The van der Waals surface area contributed by atoms with Crippen LogP contribution in [-0.2, 0) is 6.42 Å². The molecular weight excluding hydrogens is 368 g/mol. The van der Waals surface area contributed by atoms with Crippen LogP contribution < -0.4 is 10.5 Å². The molecule has 1 fully saturated rings. The lowest BCUT2D eigenvalue weighted by Crippen LogP contribution is -2.29. The van der Waals surface area contributed by atoms with Crippen molar-refractivity contribution in [1.82, 2.24) is 4.98 Å². The zero-order valence-electron chi connectivity index (χ0n) is 15.9. The van der Waals surface area contributed by atoms with Crippen molar-refractivity contribution in [2.24, 2.45) is 0 Å². The Hall–Kier alpha value is -2.66. The Balaban J connectivity index is 1.67. The molecule has 5 heteroatoms. The van der Waals surface area contributed by atoms with E-state index in [1.54, 1.807) is 11.3 Å². The third-order valence-electron chi connectivity index (χ3n) is 5.58. The van der Waals surface area contributed by atoms with E-state index in [2.05, 4.69) is 24.0 Å². The van der Waals surface area contributed by atoms with Crippen LogP contribution in [0.3, 0.4) is 0 Å². The topological polar surface area (TPSA) is 46.3 Å². The Kier molecular flexibility index (Phi) is 4.40. The van der Waals surface area contributed by atoms with Crippen molar-refractivity contribution in [3.8, 4) is 10.6 Å². The molecule has 0 aliphatic carbocycles. The predicted octanol–water partition coefficient (Wildman–Crippen LogP) is 5.62. The van der Waals surface area contributed by atoms with E-state index in [0.29, 0.717) is 11.1 Å². The molecular formula is C23H22N2O2S. The summed E-state index contributed by atoms with van der Waals surface area (Å²) in [6.45, 7) is 4.23. The zero-order valence-corrected chi connectivity index (χ0v) is 16.7. The van der Waals surface area contributed by atoms with Gasteiger partial charge in [-0.3, -0.25) is 0 Å². The van der Waals surface area contributed by atoms with Crippen LogP contribution in [0.2, 0.25) is 0 Å². The van der Waals surface area contributed by atoms with Gasteiger partial charge in [-0.25, -0.2) is 9.78 Å². The highest BCUT2D eigenvalue weighted by Crippen LogP contribution is 2.34. The first kappa shape index (κ1) is 17.4. The van der Waals surface area contributed by atoms with Crippen molar-refractivity contribution in [3.63, 3.8) is 0 Å². The molecule has 0 N–H and O–H groups in total. The highest BCUT2D eigenvalue weighted by molar-refractivity contribution is 7.21. The van der Waals surface area contributed by atoms with Crippen LogP contribution in [0.25, 0.3) is 31.8 Å². The van der Waals surface area contributed by atoms with Gasteiger partial charge in [0.05, 0.1) is 15.8 Å². The number of hydrogen-bond acceptors (Lipinski definition) is 5. The first-order chi connectivity index (χ1) is 13.7. The summed E-state index contributed by atoms with van der Waals surface area (Å²) < 4.78 is 6.88. The molecule has 0 saturated carbocycles. The Morgan fingerprint density at radius 3 is 2.71 bits per heavy atom. The van der Waals surface area contributed by atoms with E-state index in [9.17, 15) is 4.79 Å². The number of aryl methyl sites for hydroxylation is 1. The molecule has 4 aromatic rings. The molecule has 2 aromatic heterocycles. The molecule has 1 aliphatic rings. The lowest BCUT2D eigenvalue weighted by atomic mass is 10.0. The summed E-state index contributed by atoms with van der Waals surface area (Å²) in [4.78, 5) is 20.0. The minimum atomic E-state index is -0.292. The SMILES string of the molecule is CCc1c(-c2nc3ccccc3s2)c(=O)oc2cc(N3CCCCC3)ccc12. The smallest absolute Gasteiger partial charge is 0.346 e. The van der Waals surface area contributed by atoms with E-state index in [1.165, 1.54) is 19.3 Å². The van der Waals surface area contributed by atoms with Crippen LogP contribution in [0.15, 0.2) is 51.7 Å². The van der Waals surface area contributed by atoms with Crippen molar-refractivity contribution < 1.29 is 4.42 Å². The van der Waals surface area contributed by atoms with E-state index in [-0.39, 0.29) is 5.63 Å². The molecule has 0 bridgehead atoms. The van der Waals surface area contributed by atoms with Crippen molar-refractivity contribution >= 4 is 38.2 Å². The maximum absolute atomic E-state index is 13.0. The van der Waals surface area contributed by atoms with Crippen molar-refractivity contribution in [1.29, 1.82) is 0 Å². The molecule has 142 valence electrons. The second kappa shape index (κ2) is 7.06. The molecule has 0 atom stereocenters. The standard InChI is InChI=1S/C23H22N2O2S/c1-2-16-17-11-10-15(25-12-6-3-7-13-25)14-19(17)27-23(26)21(16)22-24-18-8-4-5-9-20(18)28-22/h4-5,8-11,14H,2-3,6-7,12-13H2,1H3.